The van der Waals surface area contributed by atoms with Gasteiger partial charge in [-0.15, -0.1) is 0 Å². The van der Waals surface area contributed by atoms with Gasteiger partial charge in [0.15, 0.2) is 0 Å². The number of hydrogen-bond donors (Lipinski definition) is 10. The number of carboxylic acids is 7. The molecular weight excluding hydrogens is 1160 g/mol. The number of rotatable bonds is 37. The highest BCUT2D eigenvalue weighted by molar-refractivity contribution is 5.86. The smallest absolute Gasteiger partial charge is 0.326 e. The molecule has 89 heavy (non-hydrogen) atoms. The second-order valence-electron chi connectivity index (χ2n) is 23.4. The quantitative estimate of drug-likeness (QED) is 0.0416. The van der Waals surface area contributed by atoms with Gasteiger partial charge in [-0.1, -0.05) is 62.8 Å². The van der Waals surface area contributed by atoms with E-state index in [9.17, 15) is 73.8 Å². The molecule has 3 aliphatic heterocycles. The van der Waals surface area contributed by atoms with E-state index in [0.29, 0.717) is 122 Å². The van der Waals surface area contributed by atoms with Gasteiger partial charge in [-0.05, 0) is 69.7 Å². The number of amides is 3. The summed E-state index contributed by atoms with van der Waals surface area (Å²) < 4.78 is 0. The number of nitrogens with one attached hydrogen (secondary N) is 3. The molecule has 0 bridgehead atoms. The number of aromatic nitrogens is 3. The summed E-state index contributed by atoms with van der Waals surface area (Å²) in [6.07, 6.45) is 9.61. The van der Waals surface area contributed by atoms with Crippen LogP contribution in [0.15, 0.2) is 24.3 Å². The Morgan fingerprint density at radius 3 is 1.46 bits per heavy atom. The van der Waals surface area contributed by atoms with Gasteiger partial charge in [-0.3, -0.25) is 53.3 Å². The van der Waals surface area contributed by atoms with E-state index in [1.807, 2.05) is 41.1 Å². The summed E-state index contributed by atoms with van der Waals surface area (Å²) in [5.74, 6) is -6.16. The number of unbranched alkanes of at least 4 members (excludes halogenated alkanes) is 8. The van der Waals surface area contributed by atoms with Gasteiger partial charge >= 0.3 is 47.8 Å². The molecule has 0 saturated carbocycles. The first-order valence-corrected chi connectivity index (χ1v) is 31.1. The normalized spacial score (nSPS) is 18.0. The van der Waals surface area contributed by atoms with Crippen molar-refractivity contribution >= 4 is 65.6 Å². The number of anilines is 2. The number of likely N-dealkylation sites (N-methyl/N-ethyl adjacent to an activating group) is 1. The van der Waals surface area contributed by atoms with Crippen molar-refractivity contribution in [3.8, 4) is 0 Å². The highest BCUT2D eigenvalue weighted by Crippen LogP contribution is 2.22. The van der Waals surface area contributed by atoms with Crippen molar-refractivity contribution in [1.29, 1.82) is 0 Å². The van der Waals surface area contributed by atoms with E-state index < -0.39 is 66.3 Å². The first-order chi connectivity index (χ1) is 42.6. The lowest BCUT2D eigenvalue weighted by molar-refractivity contribution is -0.141. The number of urea groups is 1. The molecule has 1 aromatic heterocycles. The average molecular weight is 1260 g/mol. The maximum absolute atomic E-state index is 12.4. The van der Waals surface area contributed by atoms with Crippen LogP contribution in [0.2, 0.25) is 0 Å². The van der Waals surface area contributed by atoms with Crippen molar-refractivity contribution in [2.45, 2.75) is 121 Å². The van der Waals surface area contributed by atoms with Crippen LogP contribution in [0.4, 0.5) is 16.7 Å². The average Bonchev–Trinajstić information content (AvgIpc) is 2.16. The van der Waals surface area contributed by atoms with Crippen LogP contribution in [0, 0.1) is 0 Å². The minimum atomic E-state index is -1.49. The fourth-order valence-corrected chi connectivity index (χ4v) is 11.2. The standard InChI is InChI=1S/C59H94N14O16/c1-66-22-23-68(39-51(77)78)24-25-69(40-52(79)80)30-35-73(42-54(83)84)45(38-66)36-43-14-16-44(17-15-43)37-48-63-57(65-58(64-48)72-33-28-70(29-34-72)41-53(81)82)71-31-26-67(27-32-71)21-11-7-5-3-2-4-6-8-13-49(74)60-20-10-9-12-46(55(85)86)61-59(89)62-47(56(87)88)18-19-50(75)76/h14-17,45-47H,2-13,18-42H2,1H3,(H,60,74)(H,75,76)(H,77,78)(H,79,80)(H,81,82)(H,83,84)(H,85,86)(H,87,88)(H2,61,62,89)/t45?,46-,47-/m0/s1. The Labute approximate surface area is 519 Å². The zero-order chi connectivity index (χ0) is 64.7. The molecule has 3 atom stereocenters. The predicted octanol–water partition coefficient (Wildman–Crippen LogP) is 0.675. The van der Waals surface area contributed by atoms with Crippen LogP contribution >= 0.6 is 0 Å². The third kappa shape index (κ3) is 28.8. The first-order valence-electron chi connectivity index (χ1n) is 31.1. The van der Waals surface area contributed by atoms with Crippen LogP contribution < -0.4 is 25.8 Å². The Balaban J connectivity index is 1.05. The van der Waals surface area contributed by atoms with Crippen LogP contribution in [0.5, 0.6) is 0 Å². The molecule has 0 radical (unpaired) electrons. The van der Waals surface area contributed by atoms with Crippen LogP contribution in [-0.4, -0.2) is 296 Å². The maximum atomic E-state index is 12.4. The third-order valence-corrected chi connectivity index (χ3v) is 16.2. The molecule has 496 valence electrons. The molecule has 30 heteroatoms. The molecule has 10 N–H and O–H groups in total. The Morgan fingerprint density at radius 1 is 0.483 bits per heavy atom. The fraction of sp³-hybridized carbons (Fsp3) is 0.695. The summed E-state index contributed by atoms with van der Waals surface area (Å²) in [4.78, 5) is 137. The summed E-state index contributed by atoms with van der Waals surface area (Å²) >= 11 is 0. The Kier molecular flexibility index (Phi) is 31.6. The summed E-state index contributed by atoms with van der Waals surface area (Å²) in [5, 5.41) is 73.4. The lowest BCUT2D eigenvalue weighted by atomic mass is 10.0. The number of benzene rings is 1. The summed E-state index contributed by atoms with van der Waals surface area (Å²) in [7, 11) is 1.94. The zero-order valence-electron chi connectivity index (χ0n) is 51.4. The highest BCUT2D eigenvalue weighted by Gasteiger charge is 2.29. The van der Waals surface area contributed by atoms with Gasteiger partial charge in [0.05, 0.1) is 26.2 Å². The van der Waals surface area contributed by atoms with Crippen molar-refractivity contribution in [1.82, 2.24) is 60.3 Å². The topological polar surface area (TPSA) is 396 Å². The van der Waals surface area contributed by atoms with Crippen LogP contribution in [0.3, 0.4) is 0 Å². The maximum Gasteiger partial charge on any atom is 0.326 e. The van der Waals surface area contributed by atoms with Gasteiger partial charge in [0, 0.05) is 130 Å². The largest absolute Gasteiger partial charge is 0.481 e. The first kappa shape index (κ1) is 72.4. The molecule has 3 fully saturated rings. The summed E-state index contributed by atoms with van der Waals surface area (Å²) in [6, 6.07) is 4.04. The monoisotopic (exact) mass is 1250 g/mol. The number of aliphatic carboxylic acids is 7. The molecule has 3 amide bonds. The number of piperazine rings is 2. The highest BCUT2D eigenvalue weighted by atomic mass is 16.4. The van der Waals surface area contributed by atoms with Gasteiger partial charge in [0.1, 0.15) is 17.9 Å². The molecule has 0 spiro atoms. The van der Waals surface area contributed by atoms with E-state index in [2.05, 4.69) is 35.6 Å². The number of nitrogens with zero attached hydrogens (tertiary/aromatic N) is 11. The molecule has 3 aliphatic rings. The van der Waals surface area contributed by atoms with Gasteiger partial charge in [0.2, 0.25) is 17.8 Å². The molecule has 1 unspecified atom stereocenters. The van der Waals surface area contributed by atoms with E-state index in [4.69, 9.17) is 20.1 Å². The second kappa shape index (κ2) is 38.9. The molecule has 2 aromatic rings. The Hall–Kier alpha value is -7.38. The van der Waals surface area contributed by atoms with E-state index in [1.165, 1.54) is 0 Å². The SMILES string of the molecule is CN1CCN(CC(=O)O)CCN(CC(=O)O)CCN(CC(=O)O)C(Cc2ccc(Cc3nc(N4CCN(CCCCCCCCCCC(=O)NCCCC[C@H](NC(=O)N[C@@H](CCC(=O)O)C(=O)O)C(=O)O)CC4)nc(N4CCN(CC(=O)O)CC4)n3)cc2)C1. The third-order valence-electron chi connectivity index (χ3n) is 16.2. The van der Waals surface area contributed by atoms with Gasteiger partial charge in [-0.2, -0.15) is 15.0 Å². The molecular formula is C59H94N14O16. The Morgan fingerprint density at radius 2 is 0.944 bits per heavy atom. The van der Waals surface area contributed by atoms with Crippen LogP contribution in [-0.2, 0) is 51.2 Å². The lowest BCUT2D eigenvalue weighted by Crippen LogP contribution is -2.52. The minimum Gasteiger partial charge on any atom is -0.481 e. The second-order valence-corrected chi connectivity index (χ2v) is 23.4. The van der Waals surface area contributed by atoms with Crippen LogP contribution in [0.25, 0.3) is 0 Å². The van der Waals surface area contributed by atoms with E-state index in [1.54, 1.807) is 9.80 Å². The molecule has 1 aromatic carbocycles. The van der Waals surface area contributed by atoms with E-state index in [0.717, 1.165) is 95.2 Å². The van der Waals surface area contributed by atoms with Gasteiger partial charge in [-0.25, -0.2) is 14.4 Å². The van der Waals surface area contributed by atoms with Gasteiger partial charge < -0.3 is 66.4 Å². The Bertz CT molecular complexity index is 2590. The number of carbonyl (C=O) groups is 9. The molecule has 5 rings (SSSR count). The molecule has 3 saturated heterocycles. The van der Waals surface area contributed by atoms with Crippen molar-refractivity contribution in [2.75, 3.05) is 154 Å². The number of carboxylic acid groups (broad SMARTS) is 7. The predicted molar refractivity (Wildman–Crippen MR) is 326 cm³/mol. The number of hydrogen-bond acceptors (Lipinski definition) is 20. The fourth-order valence-electron chi connectivity index (χ4n) is 11.2. The molecule has 0 aliphatic carbocycles. The van der Waals surface area contributed by atoms with Crippen LogP contribution in [0.1, 0.15) is 107 Å². The molecule has 30 nitrogen and oxygen atoms in total. The van der Waals surface area contributed by atoms with Crippen molar-refractivity contribution in [3.05, 3.63) is 41.2 Å². The van der Waals surface area contributed by atoms with Crippen molar-refractivity contribution in [3.63, 3.8) is 0 Å². The molecule has 4 heterocycles. The number of carbonyl (C=O) groups excluding carboxylic acids is 2. The van der Waals surface area contributed by atoms with Crippen molar-refractivity contribution < 1.29 is 78.9 Å². The lowest BCUT2D eigenvalue weighted by Gasteiger charge is -2.37. The summed E-state index contributed by atoms with van der Waals surface area (Å²) in [5.41, 5.74) is 1.94. The summed E-state index contributed by atoms with van der Waals surface area (Å²) in [6.45, 7) is 8.77. The van der Waals surface area contributed by atoms with E-state index in [-0.39, 0.29) is 57.5 Å². The van der Waals surface area contributed by atoms with Crippen molar-refractivity contribution in [2.24, 2.45) is 0 Å². The van der Waals surface area contributed by atoms with Gasteiger partial charge in [0.25, 0.3) is 0 Å². The van der Waals surface area contributed by atoms with E-state index >= 15 is 0 Å². The minimum absolute atomic E-state index is 0.0357. The zero-order valence-corrected chi connectivity index (χ0v) is 51.4.